The van der Waals surface area contributed by atoms with E-state index in [4.69, 9.17) is 9.47 Å². The summed E-state index contributed by atoms with van der Waals surface area (Å²) in [5, 5.41) is 0. The van der Waals surface area contributed by atoms with Crippen molar-refractivity contribution in [1.82, 2.24) is 0 Å². The van der Waals surface area contributed by atoms with Gasteiger partial charge in [0.2, 0.25) is 0 Å². The monoisotopic (exact) mass is 637 g/mol. The molecule has 268 valence electrons. The minimum atomic E-state index is -0.0691. The van der Waals surface area contributed by atoms with Gasteiger partial charge in [-0.25, -0.2) is 0 Å². The van der Waals surface area contributed by atoms with E-state index in [1.807, 2.05) is 0 Å². The topological polar surface area (TPSA) is 52.6 Å². The van der Waals surface area contributed by atoms with Crippen molar-refractivity contribution in [3.63, 3.8) is 0 Å². The highest BCUT2D eigenvalue weighted by Crippen LogP contribution is 2.22. The molecule has 0 bridgehead atoms. The molecule has 0 aromatic rings. The summed E-state index contributed by atoms with van der Waals surface area (Å²) in [6.45, 7) is 7.87. The molecule has 0 rings (SSSR count). The number of esters is 2. The van der Waals surface area contributed by atoms with Crippen LogP contribution in [0, 0.1) is 5.92 Å². The lowest BCUT2D eigenvalue weighted by Gasteiger charge is -2.16. The third kappa shape index (κ3) is 35.6. The molecule has 0 fully saturated rings. The number of hydrogen-bond acceptors (Lipinski definition) is 4. The second-order valence-corrected chi connectivity index (χ2v) is 14.0. The van der Waals surface area contributed by atoms with E-state index in [1.165, 1.54) is 141 Å². The predicted molar refractivity (Wildman–Crippen MR) is 195 cm³/mol. The van der Waals surface area contributed by atoms with Gasteiger partial charge in [0, 0.05) is 12.8 Å². The first-order valence-corrected chi connectivity index (χ1v) is 20.4. The Bertz CT molecular complexity index is 556. The molecule has 0 spiro atoms. The molecular formula is C41H80O4. The van der Waals surface area contributed by atoms with E-state index in [0.717, 1.165) is 57.8 Å². The first kappa shape index (κ1) is 43.9. The fourth-order valence-corrected chi connectivity index (χ4v) is 6.33. The number of unbranched alkanes of at least 4 members (excludes halogenated alkanes) is 25. The Labute approximate surface area is 282 Å². The maximum Gasteiger partial charge on any atom is 0.305 e. The van der Waals surface area contributed by atoms with Crippen molar-refractivity contribution >= 4 is 11.9 Å². The maximum absolute atomic E-state index is 12.3. The summed E-state index contributed by atoms with van der Waals surface area (Å²) in [5.74, 6) is 0.263. The summed E-state index contributed by atoms with van der Waals surface area (Å²) in [4.78, 5) is 24.6. The molecule has 0 N–H and O–H groups in total. The second kappa shape index (κ2) is 37.4. The van der Waals surface area contributed by atoms with E-state index >= 15 is 0 Å². The first-order chi connectivity index (χ1) is 22.1. The zero-order chi connectivity index (χ0) is 32.9. The van der Waals surface area contributed by atoms with Crippen molar-refractivity contribution < 1.29 is 19.1 Å². The average Bonchev–Trinajstić information content (AvgIpc) is 3.04. The number of rotatable bonds is 37. The van der Waals surface area contributed by atoms with Crippen LogP contribution in [0.25, 0.3) is 0 Å². The van der Waals surface area contributed by atoms with E-state index in [9.17, 15) is 9.59 Å². The summed E-state index contributed by atoms with van der Waals surface area (Å²) in [6, 6.07) is 0. The van der Waals surface area contributed by atoms with Gasteiger partial charge in [-0.3, -0.25) is 9.59 Å². The van der Waals surface area contributed by atoms with Crippen molar-refractivity contribution in [3.05, 3.63) is 0 Å². The molecule has 0 aromatic carbocycles. The van der Waals surface area contributed by atoms with Gasteiger partial charge in [0.05, 0.1) is 13.2 Å². The molecule has 0 aromatic heterocycles. The van der Waals surface area contributed by atoms with Crippen LogP contribution in [0.5, 0.6) is 0 Å². The standard InChI is InChI=1S/C41H80O4/c1-4-7-10-12-14-16-18-20-22-24-26-28-30-37-44-40(42)35-33-39(32-9-6-3)34-36-41(43)45-38-31-29-27-25-23-21-19-17-15-13-11-8-5-2/h39H,4-38H2,1-3H3. The predicted octanol–water partition coefficient (Wildman–Crippen LogP) is 13.6. The minimum absolute atomic E-state index is 0.0691. The van der Waals surface area contributed by atoms with Crippen LogP contribution >= 0.6 is 0 Å². The number of hydrogen-bond donors (Lipinski definition) is 0. The van der Waals surface area contributed by atoms with Crippen LogP contribution in [0.2, 0.25) is 0 Å². The Kier molecular flexibility index (Phi) is 36.5. The van der Waals surface area contributed by atoms with E-state index < -0.39 is 0 Å². The van der Waals surface area contributed by atoms with Gasteiger partial charge in [0.25, 0.3) is 0 Å². The van der Waals surface area contributed by atoms with Gasteiger partial charge in [0.1, 0.15) is 0 Å². The normalized spacial score (nSPS) is 11.4. The summed E-state index contributed by atoms with van der Waals surface area (Å²) in [6.07, 6.45) is 40.3. The molecule has 0 radical (unpaired) electrons. The quantitative estimate of drug-likeness (QED) is 0.0503. The van der Waals surface area contributed by atoms with Crippen molar-refractivity contribution in [2.45, 2.75) is 233 Å². The van der Waals surface area contributed by atoms with Crippen LogP contribution < -0.4 is 0 Å². The number of ether oxygens (including phenoxy) is 2. The van der Waals surface area contributed by atoms with Crippen LogP contribution in [0.1, 0.15) is 233 Å². The van der Waals surface area contributed by atoms with Gasteiger partial charge in [-0.05, 0) is 31.6 Å². The van der Waals surface area contributed by atoms with Gasteiger partial charge in [-0.2, -0.15) is 0 Å². The molecule has 0 saturated carbocycles. The van der Waals surface area contributed by atoms with Crippen LogP contribution in [-0.4, -0.2) is 25.2 Å². The molecule has 0 saturated heterocycles. The van der Waals surface area contributed by atoms with E-state index in [-0.39, 0.29) is 11.9 Å². The molecule has 0 aliphatic rings. The highest BCUT2D eigenvalue weighted by atomic mass is 16.5. The smallest absolute Gasteiger partial charge is 0.305 e. The molecule has 4 heteroatoms. The Morgan fingerprint density at radius 1 is 0.356 bits per heavy atom. The summed E-state index contributed by atoms with van der Waals surface area (Å²) in [7, 11) is 0. The van der Waals surface area contributed by atoms with E-state index in [1.54, 1.807) is 0 Å². The highest BCUT2D eigenvalue weighted by Gasteiger charge is 2.15. The molecule has 0 heterocycles. The maximum atomic E-state index is 12.3. The van der Waals surface area contributed by atoms with Crippen LogP contribution in [0.15, 0.2) is 0 Å². The zero-order valence-corrected chi connectivity index (χ0v) is 31.0. The summed E-state index contributed by atoms with van der Waals surface area (Å²) in [5.41, 5.74) is 0. The summed E-state index contributed by atoms with van der Waals surface area (Å²) < 4.78 is 11.1. The van der Waals surface area contributed by atoms with Crippen molar-refractivity contribution in [2.75, 3.05) is 13.2 Å². The Balaban J connectivity index is 3.69. The molecule has 0 aliphatic heterocycles. The van der Waals surface area contributed by atoms with E-state index in [0.29, 0.717) is 32.0 Å². The van der Waals surface area contributed by atoms with Gasteiger partial charge >= 0.3 is 11.9 Å². The Hall–Kier alpha value is -1.06. The number of carbonyl (C=O) groups excluding carboxylic acids is 2. The minimum Gasteiger partial charge on any atom is -0.466 e. The Morgan fingerprint density at radius 2 is 0.622 bits per heavy atom. The highest BCUT2D eigenvalue weighted by molar-refractivity contribution is 5.70. The van der Waals surface area contributed by atoms with Gasteiger partial charge < -0.3 is 9.47 Å². The van der Waals surface area contributed by atoms with Crippen LogP contribution in [0.3, 0.4) is 0 Å². The van der Waals surface area contributed by atoms with Crippen LogP contribution in [-0.2, 0) is 19.1 Å². The lowest BCUT2D eigenvalue weighted by Crippen LogP contribution is -2.12. The van der Waals surface area contributed by atoms with E-state index in [2.05, 4.69) is 20.8 Å². The fourth-order valence-electron chi connectivity index (χ4n) is 6.33. The molecule has 4 nitrogen and oxygen atoms in total. The van der Waals surface area contributed by atoms with Gasteiger partial charge in [-0.1, -0.05) is 194 Å². The van der Waals surface area contributed by atoms with Gasteiger partial charge in [-0.15, -0.1) is 0 Å². The van der Waals surface area contributed by atoms with Gasteiger partial charge in [0.15, 0.2) is 0 Å². The lowest BCUT2D eigenvalue weighted by molar-refractivity contribution is -0.144. The molecule has 45 heavy (non-hydrogen) atoms. The zero-order valence-electron chi connectivity index (χ0n) is 31.0. The van der Waals surface area contributed by atoms with Crippen LogP contribution in [0.4, 0.5) is 0 Å². The first-order valence-electron chi connectivity index (χ1n) is 20.4. The molecule has 0 unspecified atom stereocenters. The number of carbonyl (C=O) groups is 2. The van der Waals surface area contributed by atoms with Crippen molar-refractivity contribution in [1.29, 1.82) is 0 Å². The summed E-state index contributed by atoms with van der Waals surface area (Å²) >= 11 is 0. The molecule has 0 atom stereocenters. The second-order valence-electron chi connectivity index (χ2n) is 14.0. The lowest BCUT2D eigenvalue weighted by atomic mass is 9.92. The molecule has 0 aliphatic carbocycles. The molecular weight excluding hydrogens is 556 g/mol. The average molecular weight is 637 g/mol. The fraction of sp³-hybridized carbons (Fsp3) is 0.951. The van der Waals surface area contributed by atoms with Crippen molar-refractivity contribution in [2.24, 2.45) is 5.92 Å². The SMILES string of the molecule is CCCCCCCCCCCCCCCOC(=O)CCC(CCCC)CCC(=O)OCCCCCCCCCCCCCCC. The largest absolute Gasteiger partial charge is 0.466 e. The van der Waals surface area contributed by atoms with Crippen molar-refractivity contribution in [3.8, 4) is 0 Å². The third-order valence-corrected chi connectivity index (χ3v) is 9.50. The Morgan fingerprint density at radius 3 is 0.911 bits per heavy atom. The molecule has 0 amide bonds. The third-order valence-electron chi connectivity index (χ3n) is 9.50.